The van der Waals surface area contributed by atoms with Crippen molar-refractivity contribution in [1.29, 1.82) is 0 Å². The maximum Gasteiger partial charge on any atom is 0.190 e. The van der Waals surface area contributed by atoms with E-state index in [1.165, 1.54) is 0 Å². The standard InChI is InChI=1S/C9H16Cl4/c1-3-4-8(10)5-7(2)6-9(11,12)13/h7-8H,3-6H2,1-2H3. The lowest BCUT2D eigenvalue weighted by molar-refractivity contribution is 0.473. The summed E-state index contributed by atoms with van der Waals surface area (Å²) in [5, 5.41) is 0.215. The fourth-order valence-electron chi connectivity index (χ4n) is 1.35. The molecule has 0 heterocycles. The molecule has 0 rings (SSSR count). The van der Waals surface area contributed by atoms with Crippen LogP contribution in [0.25, 0.3) is 0 Å². The molecule has 2 unspecified atom stereocenters. The van der Waals surface area contributed by atoms with E-state index in [1.807, 2.05) is 0 Å². The fraction of sp³-hybridized carbons (Fsp3) is 1.00. The Morgan fingerprint density at radius 3 is 2.15 bits per heavy atom. The van der Waals surface area contributed by atoms with Gasteiger partial charge in [0, 0.05) is 5.38 Å². The molecule has 2 atom stereocenters. The van der Waals surface area contributed by atoms with E-state index >= 15 is 0 Å². The van der Waals surface area contributed by atoms with E-state index in [1.54, 1.807) is 0 Å². The lowest BCUT2D eigenvalue weighted by atomic mass is 10.0. The predicted molar refractivity (Wildman–Crippen MR) is 63.2 cm³/mol. The quantitative estimate of drug-likeness (QED) is 0.601. The molecule has 0 saturated carbocycles. The van der Waals surface area contributed by atoms with Gasteiger partial charge in [0.15, 0.2) is 3.79 Å². The van der Waals surface area contributed by atoms with Crippen molar-refractivity contribution < 1.29 is 0 Å². The minimum atomic E-state index is -1.14. The first-order valence-corrected chi connectivity index (χ1v) is 6.13. The van der Waals surface area contributed by atoms with Gasteiger partial charge in [-0.3, -0.25) is 0 Å². The molecule has 0 aliphatic carbocycles. The Morgan fingerprint density at radius 2 is 1.77 bits per heavy atom. The van der Waals surface area contributed by atoms with E-state index in [0.29, 0.717) is 12.3 Å². The van der Waals surface area contributed by atoms with Gasteiger partial charge in [0.2, 0.25) is 0 Å². The molecule has 4 heteroatoms. The third kappa shape index (κ3) is 9.46. The molecule has 0 aromatic carbocycles. The normalized spacial score (nSPS) is 17.1. The van der Waals surface area contributed by atoms with Crippen molar-refractivity contribution in [2.75, 3.05) is 0 Å². The minimum Gasteiger partial charge on any atom is -0.123 e. The Labute approximate surface area is 101 Å². The number of halogens is 4. The Hall–Kier alpha value is 1.16. The molecule has 0 aliphatic rings. The van der Waals surface area contributed by atoms with Gasteiger partial charge in [0.05, 0.1) is 0 Å². The molecule has 0 spiro atoms. The van der Waals surface area contributed by atoms with Crippen molar-refractivity contribution in [3.63, 3.8) is 0 Å². The second kappa shape index (κ2) is 6.61. The molecule has 0 fully saturated rings. The van der Waals surface area contributed by atoms with Crippen LogP contribution in [0.3, 0.4) is 0 Å². The van der Waals surface area contributed by atoms with Gasteiger partial charge < -0.3 is 0 Å². The van der Waals surface area contributed by atoms with Crippen LogP contribution in [0.4, 0.5) is 0 Å². The molecule has 0 amide bonds. The van der Waals surface area contributed by atoms with Crippen molar-refractivity contribution in [1.82, 2.24) is 0 Å². The summed E-state index contributed by atoms with van der Waals surface area (Å²) < 4.78 is -1.14. The maximum absolute atomic E-state index is 6.08. The average Bonchev–Trinajstić information content (AvgIpc) is 1.81. The topological polar surface area (TPSA) is 0 Å². The van der Waals surface area contributed by atoms with Gasteiger partial charge >= 0.3 is 0 Å². The van der Waals surface area contributed by atoms with E-state index in [-0.39, 0.29) is 5.38 Å². The molecule has 0 aromatic heterocycles. The lowest BCUT2D eigenvalue weighted by Gasteiger charge is -2.19. The van der Waals surface area contributed by atoms with Crippen LogP contribution in [0.1, 0.15) is 39.5 Å². The summed E-state index contributed by atoms with van der Waals surface area (Å²) in [6, 6.07) is 0. The second-order valence-electron chi connectivity index (χ2n) is 3.55. The molecular weight excluding hydrogens is 250 g/mol. The third-order valence-corrected chi connectivity index (χ3v) is 2.70. The monoisotopic (exact) mass is 264 g/mol. The lowest BCUT2D eigenvalue weighted by Crippen LogP contribution is -2.13. The Morgan fingerprint density at radius 1 is 1.23 bits per heavy atom. The smallest absolute Gasteiger partial charge is 0.123 e. The van der Waals surface area contributed by atoms with E-state index in [9.17, 15) is 0 Å². The highest BCUT2D eigenvalue weighted by atomic mass is 35.6. The van der Waals surface area contributed by atoms with Crippen LogP contribution < -0.4 is 0 Å². The van der Waals surface area contributed by atoms with E-state index < -0.39 is 3.79 Å². The van der Waals surface area contributed by atoms with Gasteiger partial charge in [-0.2, -0.15) is 0 Å². The highest BCUT2D eigenvalue weighted by Crippen LogP contribution is 2.35. The van der Waals surface area contributed by atoms with Crippen LogP contribution in [0.2, 0.25) is 0 Å². The minimum absolute atomic E-state index is 0.215. The number of hydrogen-bond donors (Lipinski definition) is 0. The maximum atomic E-state index is 6.08. The first kappa shape index (κ1) is 14.2. The van der Waals surface area contributed by atoms with Crippen molar-refractivity contribution in [3.8, 4) is 0 Å². The predicted octanol–water partition coefficient (Wildman–Crippen LogP) is 5.18. The molecule has 0 aromatic rings. The third-order valence-electron chi connectivity index (χ3n) is 1.84. The summed E-state index contributed by atoms with van der Waals surface area (Å²) in [4.78, 5) is 0. The summed E-state index contributed by atoms with van der Waals surface area (Å²) in [6.45, 7) is 4.18. The van der Waals surface area contributed by atoms with Gasteiger partial charge in [-0.1, -0.05) is 55.1 Å². The van der Waals surface area contributed by atoms with Crippen molar-refractivity contribution >= 4 is 46.4 Å². The van der Waals surface area contributed by atoms with Crippen LogP contribution in [-0.4, -0.2) is 9.17 Å². The van der Waals surface area contributed by atoms with Gasteiger partial charge in [-0.05, 0) is 25.2 Å². The zero-order valence-corrected chi connectivity index (χ0v) is 11.0. The van der Waals surface area contributed by atoms with E-state index in [2.05, 4.69) is 13.8 Å². The highest BCUT2D eigenvalue weighted by Gasteiger charge is 2.24. The first-order chi connectivity index (χ1) is 5.85. The van der Waals surface area contributed by atoms with Gasteiger partial charge in [0.1, 0.15) is 0 Å². The van der Waals surface area contributed by atoms with Gasteiger partial charge in [0.25, 0.3) is 0 Å². The molecule has 13 heavy (non-hydrogen) atoms. The molecule has 0 nitrogen and oxygen atoms in total. The largest absolute Gasteiger partial charge is 0.190 e. The SMILES string of the molecule is CCCC(Cl)CC(C)CC(Cl)(Cl)Cl. The average molecular weight is 266 g/mol. The Kier molecular flexibility index (Phi) is 7.20. The van der Waals surface area contributed by atoms with Crippen molar-refractivity contribution in [3.05, 3.63) is 0 Å². The number of alkyl halides is 4. The summed E-state index contributed by atoms with van der Waals surface area (Å²) in [6.07, 6.45) is 3.63. The van der Waals surface area contributed by atoms with E-state index in [4.69, 9.17) is 46.4 Å². The Bertz CT molecular complexity index is 130. The van der Waals surface area contributed by atoms with Crippen molar-refractivity contribution in [2.24, 2.45) is 5.92 Å². The molecule has 0 bridgehead atoms. The number of hydrogen-bond acceptors (Lipinski definition) is 0. The molecule has 0 N–H and O–H groups in total. The number of rotatable bonds is 5. The van der Waals surface area contributed by atoms with Gasteiger partial charge in [-0.15, -0.1) is 11.6 Å². The molecule has 0 saturated heterocycles. The van der Waals surface area contributed by atoms with Crippen molar-refractivity contribution in [2.45, 2.75) is 48.7 Å². The Balaban J connectivity index is 3.67. The van der Waals surface area contributed by atoms with Gasteiger partial charge in [-0.25, -0.2) is 0 Å². The van der Waals surface area contributed by atoms with Crippen LogP contribution in [-0.2, 0) is 0 Å². The zero-order chi connectivity index (χ0) is 10.5. The molecule has 0 aliphatic heterocycles. The summed E-state index contributed by atoms with van der Waals surface area (Å²) >= 11 is 23.1. The molecular formula is C9H16Cl4. The highest BCUT2D eigenvalue weighted by molar-refractivity contribution is 6.67. The fourth-order valence-corrected chi connectivity index (χ4v) is 2.66. The molecule has 0 radical (unpaired) electrons. The summed E-state index contributed by atoms with van der Waals surface area (Å²) in [5.74, 6) is 0.363. The zero-order valence-electron chi connectivity index (χ0n) is 7.99. The van der Waals surface area contributed by atoms with Crippen LogP contribution >= 0.6 is 46.4 Å². The summed E-state index contributed by atoms with van der Waals surface area (Å²) in [5.41, 5.74) is 0. The summed E-state index contributed by atoms with van der Waals surface area (Å²) in [7, 11) is 0. The van der Waals surface area contributed by atoms with E-state index in [0.717, 1.165) is 19.3 Å². The molecule has 80 valence electrons. The van der Waals surface area contributed by atoms with Crippen LogP contribution in [0, 0.1) is 5.92 Å². The van der Waals surface area contributed by atoms with Crippen LogP contribution in [0.5, 0.6) is 0 Å². The van der Waals surface area contributed by atoms with Crippen LogP contribution in [0.15, 0.2) is 0 Å². The second-order valence-corrected chi connectivity index (χ2v) is 6.68. The first-order valence-electron chi connectivity index (χ1n) is 4.56.